The van der Waals surface area contributed by atoms with E-state index in [0.717, 1.165) is 28.5 Å². The number of amides is 1. The SMILES string of the molecule is Cc1ccc(S(C)(=O)=O)cc1C(=O)NC(C)c1ccc(-c2ccccc2)cc1. The zero-order chi connectivity index (χ0) is 20.3. The fourth-order valence-electron chi connectivity index (χ4n) is 3.03. The van der Waals surface area contributed by atoms with Crippen molar-refractivity contribution in [3.8, 4) is 11.1 Å². The van der Waals surface area contributed by atoms with Gasteiger partial charge in [0.25, 0.3) is 5.91 Å². The van der Waals surface area contributed by atoms with Gasteiger partial charge in [-0.2, -0.15) is 0 Å². The molecule has 4 nitrogen and oxygen atoms in total. The van der Waals surface area contributed by atoms with Crippen molar-refractivity contribution >= 4 is 15.7 Å². The Morgan fingerprint density at radius 1 is 0.893 bits per heavy atom. The van der Waals surface area contributed by atoms with Crippen molar-refractivity contribution in [1.82, 2.24) is 5.32 Å². The lowest BCUT2D eigenvalue weighted by atomic mass is 10.0. The monoisotopic (exact) mass is 393 g/mol. The Morgan fingerprint density at radius 2 is 1.50 bits per heavy atom. The van der Waals surface area contributed by atoms with Crippen molar-refractivity contribution in [1.29, 1.82) is 0 Å². The number of hydrogen-bond donors (Lipinski definition) is 1. The van der Waals surface area contributed by atoms with Crippen LogP contribution in [-0.2, 0) is 9.84 Å². The third-order valence-corrected chi connectivity index (χ3v) is 5.86. The van der Waals surface area contributed by atoms with Crippen LogP contribution in [0.2, 0.25) is 0 Å². The maximum Gasteiger partial charge on any atom is 0.252 e. The first-order valence-electron chi connectivity index (χ1n) is 9.02. The molecule has 0 heterocycles. The number of benzene rings is 3. The topological polar surface area (TPSA) is 63.2 Å². The third-order valence-electron chi connectivity index (χ3n) is 4.75. The van der Waals surface area contributed by atoms with Gasteiger partial charge in [0.2, 0.25) is 0 Å². The molecule has 1 unspecified atom stereocenters. The van der Waals surface area contributed by atoms with E-state index in [1.165, 1.54) is 12.1 Å². The fraction of sp³-hybridized carbons (Fsp3) is 0.174. The molecule has 0 saturated carbocycles. The molecule has 3 aromatic carbocycles. The molecule has 0 aliphatic rings. The van der Waals surface area contributed by atoms with E-state index in [2.05, 4.69) is 17.4 Å². The van der Waals surface area contributed by atoms with Crippen LogP contribution in [0.15, 0.2) is 77.7 Å². The maximum atomic E-state index is 12.7. The molecule has 28 heavy (non-hydrogen) atoms. The number of sulfone groups is 1. The molecule has 144 valence electrons. The van der Waals surface area contributed by atoms with E-state index in [-0.39, 0.29) is 16.8 Å². The highest BCUT2D eigenvalue weighted by molar-refractivity contribution is 7.90. The first-order chi connectivity index (χ1) is 13.3. The number of carbonyl (C=O) groups is 1. The minimum Gasteiger partial charge on any atom is -0.346 e. The first kappa shape index (κ1) is 19.8. The average Bonchev–Trinajstić information content (AvgIpc) is 2.68. The zero-order valence-electron chi connectivity index (χ0n) is 16.1. The van der Waals surface area contributed by atoms with Crippen LogP contribution in [0.25, 0.3) is 11.1 Å². The summed E-state index contributed by atoms with van der Waals surface area (Å²) < 4.78 is 23.6. The molecule has 0 aliphatic carbocycles. The summed E-state index contributed by atoms with van der Waals surface area (Å²) in [7, 11) is -3.37. The highest BCUT2D eigenvalue weighted by Crippen LogP contribution is 2.22. The Kier molecular flexibility index (Phi) is 5.66. The highest BCUT2D eigenvalue weighted by atomic mass is 32.2. The minimum atomic E-state index is -3.37. The van der Waals surface area contributed by atoms with Crippen molar-refractivity contribution in [2.45, 2.75) is 24.8 Å². The average molecular weight is 394 g/mol. The van der Waals surface area contributed by atoms with E-state index in [9.17, 15) is 13.2 Å². The zero-order valence-corrected chi connectivity index (χ0v) is 17.0. The molecule has 1 amide bonds. The second-order valence-electron chi connectivity index (χ2n) is 6.93. The van der Waals surface area contributed by atoms with Gasteiger partial charge in [0.15, 0.2) is 9.84 Å². The van der Waals surface area contributed by atoms with E-state index >= 15 is 0 Å². The third kappa shape index (κ3) is 4.49. The van der Waals surface area contributed by atoms with Crippen molar-refractivity contribution in [2.75, 3.05) is 6.26 Å². The minimum absolute atomic E-state index is 0.142. The Morgan fingerprint density at radius 3 is 2.11 bits per heavy atom. The maximum absolute atomic E-state index is 12.7. The number of carbonyl (C=O) groups excluding carboxylic acids is 1. The Labute approximate surface area is 166 Å². The van der Waals surface area contributed by atoms with Gasteiger partial charge in [-0.25, -0.2) is 8.42 Å². The summed E-state index contributed by atoms with van der Waals surface area (Å²) in [6.45, 7) is 3.70. The Bertz CT molecular complexity index is 1090. The van der Waals surface area contributed by atoms with Crippen molar-refractivity contribution in [2.24, 2.45) is 0 Å². The van der Waals surface area contributed by atoms with Crippen molar-refractivity contribution in [3.05, 3.63) is 89.5 Å². The summed E-state index contributed by atoms with van der Waals surface area (Å²) in [6.07, 6.45) is 1.14. The van der Waals surface area contributed by atoms with E-state index in [1.807, 2.05) is 49.4 Å². The lowest BCUT2D eigenvalue weighted by molar-refractivity contribution is 0.0939. The van der Waals surface area contributed by atoms with Gasteiger partial charge in [-0.3, -0.25) is 4.79 Å². The van der Waals surface area contributed by atoms with Gasteiger partial charge >= 0.3 is 0 Å². The van der Waals surface area contributed by atoms with Crippen LogP contribution < -0.4 is 5.32 Å². The predicted molar refractivity (Wildman–Crippen MR) is 112 cm³/mol. The van der Waals surface area contributed by atoms with Crippen LogP contribution in [0.1, 0.15) is 34.5 Å². The summed E-state index contributed by atoms with van der Waals surface area (Å²) in [4.78, 5) is 12.9. The molecule has 0 aliphatic heterocycles. The van der Waals surface area contributed by atoms with E-state index in [4.69, 9.17) is 0 Å². The molecule has 3 rings (SSSR count). The quantitative estimate of drug-likeness (QED) is 0.691. The standard InChI is InChI=1S/C23H23NO3S/c1-16-9-14-21(28(3,26)27)15-22(16)23(25)24-17(2)18-10-12-20(13-11-18)19-7-5-4-6-8-19/h4-15,17H,1-3H3,(H,24,25). The molecule has 0 saturated heterocycles. The van der Waals surface area contributed by atoms with Crippen molar-refractivity contribution in [3.63, 3.8) is 0 Å². The van der Waals surface area contributed by atoms with Gasteiger partial charge in [-0.05, 0) is 48.2 Å². The summed E-state index contributed by atoms with van der Waals surface area (Å²) in [6, 6.07) is 22.5. The van der Waals surface area contributed by atoms with Gasteiger partial charge in [-0.1, -0.05) is 60.7 Å². The fourth-order valence-corrected chi connectivity index (χ4v) is 3.68. The summed E-state index contributed by atoms with van der Waals surface area (Å²) >= 11 is 0. The Balaban J connectivity index is 1.78. The number of rotatable bonds is 5. The summed E-state index contributed by atoms with van der Waals surface area (Å²) in [5.41, 5.74) is 4.33. The van der Waals surface area contributed by atoms with Crippen LogP contribution in [0, 0.1) is 6.92 Å². The van der Waals surface area contributed by atoms with E-state index < -0.39 is 9.84 Å². The van der Waals surface area contributed by atoms with Crippen LogP contribution in [0.5, 0.6) is 0 Å². The first-order valence-corrected chi connectivity index (χ1v) is 10.9. The number of aryl methyl sites for hydroxylation is 1. The van der Waals surface area contributed by atoms with Crippen LogP contribution in [0.3, 0.4) is 0 Å². The molecule has 0 spiro atoms. The summed E-state index contributed by atoms with van der Waals surface area (Å²) in [5.74, 6) is -0.289. The molecule has 5 heteroatoms. The molecule has 3 aromatic rings. The lowest BCUT2D eigenvalue weighted by Crippen LogP contribution is -2.27. The molecule has 1 N–H and O–H groups in total. The molecular formula is C23H23NO3S. The normalized spacial score (nSPS) is 12.4. The lowest BCUT2D eigenvalue weighted by Gasteiger charge is -2.16. The van der Waals surface area contributed by atoms with Gasteiger partial charge in [0.1, 0.15) is 0 Å². The molecule has 0 radical (unpaired) electrons. The number of hydrogen-bond acceptors (Lipinski definition) is 3. The largest absolute Gasteiger partial charge is 0.346 e. The number of nitrogens with one attached hydrogen (secondary N) is 1. The van der Waals surface area contributed by atoms with Gasteiger partial charge in [-0.15, -0.1) is 0 Å². The second kappa shape index (κ2) is 7.98. The predicted octanol–water partition coefficient (Wildman–Crippen LogP) is 4.56. The summed E-state index contributed by atoms with van der Waals surface area (Å²) in [5, 5.41) is 2.96. The van der Waals surface area contributed by atoms with Gasteiger partial charge < -0.3 is 5.32 Å². The molecule has 0 fully saturated rings. The van der Waals surface area contributed by atoms with E-state index in [0.29, 0.717) is 5.56 Å². The Hall–Kier alpha value is -2.92. The molecule has 1 atom stereocenters. The van der Waals surface area contributed by atoms with Gasteiger partial charge in [0, 0.05) is 11.8 Å². The van der Waals surface area contributed by atoms with Gasteiger partial charge in [0.05, 0.1) is 10.9 Å². The van der Waals surface area contributed by atoms with Crippen molar-refractivity contribution < 1.29 is 13.2 Å². The second-order valence-corrected chi connectivity index (χ2v) is 8.95. The molecule has 0 aromatic heterocycles. The van der Waals surface area contributed by atoms with Crippen LogP contribution >= 0.6 is 0 Å². The smallest absolute Gasteiger partial charge is 0.252 e. The highest BCUT2D eigenvalue weighted by Gasteiger charge is 2.17. The van der Waals surface area contributed by atoms with Crippen LogP contribution in [0.4, 0.5) is 0 Å². The van der Waals surface area contributed by atoms with Crippen LogP contribution in [-0.4, -0.2) is 20.6 Å². The molecule has 0 bridgehead atoms. The van der Waals surface area contributed by atoms with E-state index in [1.54, 1.807) is 13.0 Å². The molecular weight excluding hydrogens is 370 g/mol.